The Balaban J connectivity index is 1.91. The van der Waals surface area contributed by atoms with E-state index in [2.05, 4.69) is 4.99 Å². The van der Waals surface area contributed by atoms with Crippen molar-refractivity contribution >= 4 is 23.1 Å². The number of aliphatic hydroxyl groups is 1. The molecule has 2 heterocycles. The second kappa shape index (κ2) is 4.88. The summed E-state index contributed by atoms with van der Waals surface area (Å²) in [6, 6.07) is 12.0. The summed E-state index contributed by atoms with van der Waals surface area (Å²) >= 11 is 6.07. The molecule has 0 radical (unpaired) electrons. The second-order valence-electron chi connectivity index (χ2n) is 5.76. The molecular formula is C17H15ClFN2O+. The Morgan fingerprint density at radius 1 is 1.18 bits per heavy atom. The van der Waals surface area contributed by atoms with Gasteiger partial charge in [0.05, 0.1) is 18.5 Å². The molecule has 0 aromatic heterocycles. The Morgan fingerprint density at radius 2 is 1.95 bits per heavy atom. The first-order valence-corrected chi connectivity index (χ1v) is 7.65. The molecule has 2 aromatic carbocycles. The van der Waals surface area contributed by atoms with E-state index in [4.69, 9.17) is 11.6 Å². The maximum atomic E-state index is 13.3. The number of aliphatic imine (C=N–C) groups is 1. The Labute approximate surface area is 132 Å². The summed E-state index contributed by atoms with van der Waals surface area (Å²) in [4.78, 5) is 4.64. The predicted molar refractivity (Wildman–Crippen MR) is 85.6 cm³/mol. The fourth-order valence-corrected chi connectivity index (χ4v) is 3.76. The number of quaternary nitrogens is 1. The first-order valence-electron chi connectivity index (χ1n) is 7.27. The van der Waals surface area contributed by atoms with E-state index in [9.17, 15) is 9.50 Å². The van der Waals surface area contributed by atoms with Gasteiger partial charge in [0.25, 0.3) is 0 Å². The molecule has 5 heteroatoms. The molecule has 0 amide bonds. The fourth-order valence-electron chi connectivity index (χ4n) is 3.57. The summed E-state index contributed by atoms with van der Waals surface area (Å²) in [5.74, 6) is 0.565. The van der Waals surface area contributed by atoms with E-state index in [0.29, 0.717) is 24.5 Å². The van der Waals surface area contributed by atoms with Gasteiger partial charge in [-0.15, -0.1) is 0 Å². The highest BCUT2D eigenvalue weighted by molar-refractivity contribution is 6.30. The maximum Gasteiger partial charge on any atom is 0.238 e. The summed E-state index contributed by atoms with van der Waals surface area (Å²) in [5, 5.41) is 11.5. The van der Waals surface area contributed by atoms with E-state index in [-0.39, 0.29) is 10.3 Å². The highest BCUT2D eigenvalue weighted by Gasteiger charge is 2.51. The zero-order valence-corrected chi connectivity index (χ0v) is 12.6. The van der Waals surface area contributed by atoms with Crippen LogP contribution in [0.3, 0.4) is 0 Å². The molecule has 2 aliphatic heterocycles. The van der Waals surface area contributed by atoms with E-state index in [1.165, 1.54) is 12.1 Å². The van der Waals surface area contributed by atoms with E-state index in [0.717, 1.165) is 22.6 Å². The van der Waals surface area contributed by atoms with E-state index >= 15 is 0 Å². The SMILES string of the molecule is OC1Cc2cc(Cl)ccc2C2=NCC[N+]21c1ccc(F)cc1. The molecule has 112 valence electrons. The van der Waals surface area contributed by atoms with Gasteiger partial charge in [0.15, 0.2) is 0 Å². The van der Waals surface area contributed by atoms with Crippen LogP contribution in [0.2, 0.25) is 5.02 Å². The van der Waals surface area contributed by atoms with Gasteiger partial charge < -0.3 is 5.11 Å². The molecule has 3 nitrogen and oxygen atoms in total. The fraction of sp³-hybridized carbons (Fsp3) is 0.235. The third-order valence-electron chi connectivity index (χ3n) is 4.60. The average Bonchev–Trinajstić information content (AvgIpc) is 2.94. The van der Waals surface area contributed by atoms with Gasteiger partial charge in [-0.3, -0.25) is 0 Å². The van der Waals surface area contributed by atoms with Crippen molar-refractivity contribution in [2.75, 3.05) is 13.1 Å². The van der Waals surface area contributed by atoms with Gasteiger partial charge in [-0.2, -0.15) is 0 Å². The lowest BCUT2D eigenvalue weighted by molar-refractivity contribution is 0.0603. The highest BCUT2D eigenvalue weighted by atomic mass is 35.5. The Kier molecular flexibility index (Phi) is 3.08. The molecule has 2 unspecified atom stereocenters. The Morgan fingerprint density at radius 3 is 2.73 bits per heavy atom. The van der Waals surface area contributed by atoms with Crippen molar-refractivity contribution in [1.29, 1.82) is 0 Å². The second-order valence-corrected chi connectivity index (χ2v) is 6.20. The van der Waals surface area contributed by atoms with Crippen LogP contribution in [-0.2, 0) is 6.42 Å². The topological polar surface area (TPSA) is 32.6 Å². The number of fused-ring (bicyclic) bond motifs is 3. The molecule has 1 N–H and O–H groups in total. The molecule has 4 rings (SSSR count). The molecule has 2 atom stereocenters. The summed E-state index contributed by atoms with van der Waals surface area (Å²) < 4.78 is 13.5. The van der Waals surface area contributed by atoms with E-state index < -0.39 is 6.23 Å². The van der Waals surface area contributed by atoms with Crippen LogP contribution in [0.15, 0.2) is 47.5 Å². The van der Waals surface area contributed by atoms with Gasteiger partial charge in [-0.25, -0.2) is 13.9 Å². The minimum absolute atomic E-state index is 0.273. The normalized spacial score (nSPS) is 26.3. The van der Waals surface area contributed by atoms with Crippen LogP contribution in [0, 0.1) is 5.82 Å². The van der Waals surface area contributed by atoms with Crippen molar-refractivity contribution in [3.05, 3.63) is 64.4 Å². The third kappa shape index (κ3) is 1.85. The zero-order chi connectivity index (χ0) is 15.3. The van der Waals surface area contributed by atoms with Crippen molar-refractivity contribution in [2.24, 2.45) is 4.99 Å². The molecule has 2 aromatic rings. The predicted octanol–water partition coefficient (Wildman–Crippen LogP) is 3.12. The van der Waals surface area contributed by atoms with Crippen molar-refractivity contribution in [3.63, 3.8) is 0 Å². The quantitative estimate of drug-likeness (QED) is 0.805. The number of amidine groups is 1. The Hall–Kier alpha value is -1.75. The van der Waals surface area contributed by atoms with Crippen molar-refractivity contribution in [2.45, 2.75) is 12.6 Å². The number of hydrogen-bond donors (Lipinski definition) is 1. The smallest absolute Gasteiger partial charge is 0.238 e. The van der Waals surface area contributed by atoms with Gasteiger partial charge >= 0.3 is 0 Å². The lowest BCUT2D eigenvalue weighted by Crippen LogP contribution is -2.62. The third-order valence-corrected chi connectivity index (χ3v) is 4.83. The summed E-state index contributed by atoms with van der Waals surface area (Å²) in [7, 11) is 0. The lowest BCUT2D eigenvalue weighted by Gasteiger charge is -2.41. The van der Waals surface area contributed by atoms with Crippen molar-refractivity contribution in [3.8, 4) is 0 Å². The van der Waals surface area contributed by atoms with E-state index in [1.807, 2.05) is 18.2 Å². The molecule has 0 spiro atoms. The highest BCUT2D eigenvalue weighted by Crippen LogP contribution is 2.38. The van der Waals surface area contributed by atoms with Crippen LogP contribution in [0.1, 0.15) is 11.1 Å². The number of halogens is 2. The molecule has 0 fully saturated rings. The van der Waals surface area contributed by atoms with Gasteiger partial charge in [-0.05, 0) is 35.9 Å². The zero-order valence-electron chi connectivity index (χ0n) is 11.8. The monoisotopic (exact) mass is 317 g/mol. The number of hydrogen-bond acceptors (Lipinski definition) is 2. The summed E-state index contributed by atoms with van der Waals surface area (Å²) in [5.41, 5.74) is 2.90. The van der Waals surface area contributed by atoms with E-state index in [1.54, 1.807) is 12.1 Å². The van der Waals surface area contributed by atoms with Crippen LogP contribution < -0.4 is 4.48 Å². The Bertz CT molecular complexity index is 775. The first kappa shape index (κ1) is 13.9. The molecular weight excluding hydrogens is 303 g/mol. The lowest BCUT2D eigenvalue weighted by atomic mass is 9.94. The number of benzene rings is 2. The first-order chi connectivity index (χ1) is 10.6. The van der Waals surface area contributed by atoms with Crippen molar-refractivity contribution in [1.82, 2.24) is 4.48 Å². The van der Waals surface area contributed by atoms with Crippen LogP contribution in [0.25, 0.3) is 0 Å². The standard InChI is InChI=1S/C17H15ClFN2O/c18-12-1-6-15-11(9-12)10-16(22)21(8-7-20-17(15)21)14-4-2-13(19)3-5-14/h1-6,9,16,22H,7-8,10H2/q+1. The maximum absolute atomic E-state index is 13.3. The van der Waals surface area contributed by atoms with Gasteiger partial charge in [-0.1, -0.05) is 11.6 Å². The molecule has 0 bridgehead atoms. The minimum atomic E-state index is -0.641. The number of nitrogens with zero attached hydrogens (tertiary/aromatic N) is 2. The molecule has 0 saturated heterocycles. The van der Waals surface area contributed by atoms with Crippen LogP contribution in [0.4, 0.5) is 10.1 Å². The van der Waals surface area contributed by atoms with Crippen LogP contribution in [-0.4, -0.2) is 30.3 Å². The van der Waals surface area contributed by atoms with Gasteiger partial charge in [0.1, 0.15) is 18.0 Å². The molecule has 0 aliphatic carbocycles. The number of aliphatic hydroxyl groups excluding tert-OH is 1. The van der Waals surface area contributed by atoms with Crippen molar-refractivity contribution < 1.29 is 9.50 Å². The summed E-state index contributed by atoms with van der Waals surface area (Å²) in [6.45, 7) is 1.33. The van der Waals surface area contributed by atoms with Gasteiger partial charge in [0, 0.05) is 17.2 Å². The summed E-state index contributed by atoms with van der Waals surface area (Å²) in [6.07, 6.45) is -0.135. The average molecular weight is 318 g/mol. The molecule has 0 saturated carbocycles. The van der Waals surface area contributed by atoms with Gasteiger partial charge in [0.2, 0.25) is 12.1 Å². The largest absolute Gasteiger partial charge is 0.344 e. The molecule has 22 heavy (non-hydrogen) atoms. The van der Waals surface area contributed by atoms with Crippen LogP contribution >= 0.6 is 11.6 Å². The minimum Gasteiger partial charge on any atom is -0.344 e. The molecule has 2 aliphatic rings. The number of rotatable bonds is 1. The van der Waals surface area contributed by atoms with Crippen LogP contribution in [0.5, 0.6) is 0 Å².